The molecular weight excluding hydrogens is 447 g/mol. The lowest BCUT2D eigenvalue weighted by atomic mass is 10.3. The Kier molecular flexibility index (Phi) is 7.68. The quantitative estimate of drug-likeness (QED) is 0.396. The Bertz CT molecular complexity index is 1140. The first-order valence-electron chi connectivity index (χ1n) is 10.5. The first-order chi connectivity index (χ1) is 15.6. The maximum atomic E-state index is 14.1. The molecule has 0 saturated heterocycles. The molecule has 0 aliphatic heterocycles. The van der Waals surface area contributed by atoms with Gasteiger partial charge in [0.25, 0.3) is 0 Å². The van der Waals surface area contributed by atoms with Crippen LogP contribution in [-0.4, -0.2) is 59.8 Å². The molecule has 0 aliphatic rings. The largest absolute Gasteiger partial charge is 0.480 e. The lowest BCUT2D eigenvalue weighted by molar-refractivity contribution is -0.141. The number of nitrogen functional groups attached to an aromatic ring is 1. The number of anilines is 1. The summed E-state index contributed by atoms with van der Waals surface area (Å²) in [5.74, 6) is -0.452. The topological polar surface area (TPSA) is 146 Å². The number of carboxylic acids is 1. The third-order valence-electron chi connectivity index (χ3n) is 5.03. The molecule has 0 amide bonds. The van der Waals surface area contributed by atoms with Crippen LogP contribution in [0.3, 0.4) is 0 Å². The van der Waals surface area contributed by atoms with Crippen LogP contribution in [0.4, 0.5) is 5.82 Å². The number of hydrogen-bond acceptors (Lipinski definition) is 8. The number of carbonyl (C=O) groups is 1. The predicted octanol–water partition coefficient (Wildman–Crippen LogP) is 3.23. The third-order valence-corrected chi connectivity index (χ3v) is 7.52. The number of imidazole rings is 1. The molecule has 0 radical (unpaired) electrons. The number of aliphatic carboxylic acids is 1. The SMILES string of the molecule is CC(C)N([C@H](C)C(=O)O)P(=O)(CO[C@H](C)Cn1cnc2c(N)ncnc21)Oc1ccccc1. The molecule has 3 aromatic rings. The van der Waals surface area contributed by atoms with E-state index in [1.54, 1.807) is 49.0 Å². The Morgan fingerprint density at radius 3 is 2.52 bits per heavy atom. The number of ether oxygens (including phenoxy) is 1. The number of nitrogens with two attached hydrogens (primary N) is 1. The summed E-state index contributed by atoms with van der Waals surface area (Å²) >= 11 is 0. The van der Waals surface area contributed by atoms with Crippen molar-refractivity contribution in [2.45, 2.75) is 52.4 Å². The molecule has 1 aromatic carbocycles. The summed E-state index contributed by atoms with van der Waals surface area (Å²) in [5, 5.41) is 9.61. The summed E-state index contributed by atoms with van der Waals surface area (Å²) in [7, 11) is -3.76. The lowest BCUT2D eigenvalue weighted by Gasteiger charge is -2.36. The fourth-order valence-corrected chi connectivity index (χ4v) is 6.05. The third kappa shape index (κ3) is 5.68. The number of benzene rings is 1. The fourth-order valence-electron chi connectivity index (χ4n) is 3.55. The van der Waals surface area contributed by atoms with Gasteiger partial charge < -0.3 is 24.7 Å². The predicted molar refractivity (Wildman–Crippen MR) is 124 cm³/mol. The van der Waals surface area contributed by atoms with Crippen molar-refractivity contribution in [3.63, 3.8) is 0 Å². The van der Waals surface area contributed by atoms with Crippen molar-refractivity contribution in [3.05, 3.63) is 43.0 Å². The Hall–Kier alpha value is -3.01. The number of para-hydroxylation sites is 1. The van der Waals surface area contributed by atoms with E-state index < -0.39 is 25.6 Å². The summed E-state index contributed by atoms with van der Waals surface area (Å²) in [5.41, 5.74) is 6.89. The molecule has 33 heavy (non-hydrogen) atoms. The van der Waals surface area contributed by atoms with E-state index in [1.165, 1.54) is 17.9 Å². The maximum Gasteiger partial charge on any atom is 0.345 e. The van der Waals surface area contributed by atoms with Crippen LogP contribution in [0.25, 0.3) is 11.2 Å². The highest BCUT2D eigenvalue weighted by molar-refractivity contribution is 7.56. The lowest BCUT2D eigenvalue weighted by Crippen LogP contribution is -2.43. The second kappa shape index (κ2) is 10.3. The van der Waals surface area contributed by atoms with E-state index in [9.17, 15) is 14.5 Å². The molecule has 0 aliphatic carbocycles. The minimum Gasteiger partial charge on any atom is -0.480 e. The molecule has 0 fully saturated rings. The average Bonchev–Trinajstić information content (AvgIpc) is 3.17. The van der Waals surface area contributed by atoms with Gasteiger partial charge in [0.15, 0.2) is 11.5 Å². The van der Waals surface area contributed by atoms with Crippen LogP contribution in [0.15, 0.2) is 43.0 Å². The molecule has 178 valence electrons. The van der Waals surface area contributed by atoms with Crippen LogP contribution < -0.4 is 10.3 Å². The zero-order chi connectivity index (χ0) is 24.2. The number of carboxylic acid groups (broad SMARTS) is 1. The highest BCUT2D eigenvalue weighted by Crippen LogP contribution is 2.53. The summed E-state index contributed by atoms with van der Waals surface area (Å²) in [4.78, 5) is 24.1. The van der Waals surface area contributed by atoms with E-state index in [4.69, 9.17) is 15.0 Å². The smallest absolute Gasteiger partial charge is 0.345 e. The van der Waals surface area contributed by atoms with Crippen molar-refractivity contribution in [3.8, 4) is 5.75 Å². The van der Waals surface area contributed by atoms with Crippen LogP contribution in [0.2, 0.25) is 0 Å². The van der Waals surface area contributed by atoms with E-state index in [0.29, 0.717) is 23.5 Å². The van der Waals surface area contributed by atoms with Gasteiger partial charge in [-0.3, -0.25) is 9.36 Å². The minimum atomic E-state index is -3.76. The van der Waals surface area contributed by atoms with Crippen LogP contribution in [0.5, 0.6) is 5.75 Å². The molecule has 3 rings (SSSR count). The van der Waals surface area contributed by atoms with E-state index in [0.717, 1.165) is 0 Å². The van der Waals surface area contributed by atoms with Crippen molar-refractivity contribution >= 4 is 30.5 Å². The molecule has 11 nitrogen and oxygen atoms in total. The standard InChI is InChI=1S/C21H29N6O5P/c1-14(2)27(16(4)21(28)29)33(30,32-17-8-6-5-7-9-17)13-31-15(3)10-26-12-25-18-19(22)23-11-24-20(18)26/h5-9,11-12,14-16H,10,13H2,1-4H3,(H,28,29)(H2,22,23,24)/t15-,16-,33?/m1/s1. The van der Waals surface area contributed by atoms with E-state index in [1.807, 2.05) is 13.0 Å². The second-order valence-corrected chi connectivity index (χ2v) is 10.1. The molecule has 0 bridgehead atoms. The Morgan fingerprint density at radius 2 is 1.88 bits per heavy atom. The molecule has 2 heterocycles. The van der Waals surface area contributed by atoms with Crippen molar-refractivity contribution in [2.75, 3.05) is 12.1 Å². The fraction of sp³-hybridized carbons (Fsp3) is 0.429. The monoisotopic (exact) mass is 476 g/mol. The molecule has 0 spiro atoms. The van der Waals surface area contributed by atoms with Gasteiger partial charge in [-0.25, -0.2) is 19.6 Å². The van der Waals surface area contributed by atoms with Gasteiger partial charge in [0, 0.05) is 6.04 Å². The highest BCUT2D eigenvalue weighted by Gasteiger charge is 2.42. The van der Waals surface area contributed by atoms with Gasteiger partial charge in [0.2, 0.25) is 0 Å². The average molecular weight is 476 g/mol. The molecule has 3 atom stereocenters. The van der Waals surface area contributed by atoms with Crippen LogP contribution in [0, 0.1) is 0 Å². The number of aromatic nitrogens is 4. The van der Waals surface area contributed by atoms with Crippen molar-refractivity contribution in [1.82, 2.24) is 24.2 Å². The Balaban J connectivity index is 1.82. The molecule has 0 saturated carbocycles. The van der Waals surface area contributed by atoms with Gasteiger partial charge in [-0.05, 0) is 39.8 Å². The Morgan fingerprint density at radius 1 is 1.18 bits per heavy atom. The number of fused-ring (bicyclic) bond motifs is 1. The van der Waals surface area contributed by atoms with Gasteiger partial charge >= 0.3 is 13.5 Å². The number of rotatable bonds is 11. The van der Waals surface area contributed by atoms with Crippen LogP contribution in [0.1, 0.15) is 27.7 Å². The van der Waals surface area contributed by atoms with Crippen LogP contribution in [-0.2, 0) is 20.6 Å². The minimum absolute atomic E-state index is 0.281. The second-order valence-electron chi connectivity index (χ2n) is 7.96. The maximum absolute atomic E-state index is 14.1. The van der Waals surface area contributed by atoms with Gasteiger partial charge in [0.1, 0.15) is 30.0 Å². The van der Waals surface area contributed by atoms with Crippen molar-refractivity contribution < 1.29 is 23.7 Å². The normalized spacial score (nSPS) is 15.5. The van der Waals surface area contributed by atoms with Crippen molar-refractivity contribution in [2.24, 2.45) is 0 Å². The number of nitrogens with zero attached hydrogens (tertiary/aromatic N) is 5. The Labute approximate surface area is 192 Å². The zero-order valence-corrected chi connectivity index (χ0v) is 19.9. The van der Waals surface area contributed by atoms with Crippen LogP contribution >= 0.6 is 7.52 Å². The molecule has 2 aromatic heterocycles. The molecule has 3 N–H and O–H groups in total. The summed E-state index contributed by atoms with van der Waals surface area (Å²) < 4.78 is 29.1. The summed E-state index contributed by atoms with van der Waals surface area (Å²) in [6, 6.07) is 7.23. The van der Waals surface area contributed by atoms with Gasteiger partial charge in [-0.2, -0.15) is 0 Å². The molecule has 12 heteroatoms. The van der Waals surface area contributed by atoms with Gasteiger partial charge in [-0.1, -0.05) is 18.2 Å². The first kappa shape index (κ1) is 24.6. The highest BCUT2D eigenvalue weighted by atomic mass is 31.2. The molecule has 1 unspecified atom stereocenters. The van der Waals surface area contributed by atoms with Gasteiger partial charge in [-0.15, -0.1) is 0 Å². The number of hydrogen-bond donors (Lipinski definition) is 2. The van der Waals surface area contributed by atoms with E-state index in [2.05, 4.69) is 15.0 Å². The first-order valence-corrected chi connectivity index (χ1v) is 12.3. The summed E-state index contributed by atoms with van der Waals surface area (Å²) in [6.45, 7) is 7.18. The zero-order valence-electron chi connectivity index (χ0n) is 19.0. The van der Waals surface area contributed by atoms with Crippen molar-refractivity contribution in [1.29, 1.82) is 0 Å². The van der Waals surface area contributed by atoms with Gasteiger partial charge in [0.05, 0.1) is 19.0 Å². The summed E-state index contributed by atoms with van der Waals surface area (Å²) in [6.07, 6.45) is 2.22. The molecular formula is C21H29N6O5P. The van der Waals surface area contributed by atoms with E-state index >= 15 is 0 Å². The van der Waals surface area contributed by atoms with E-state index in [-0.39, 0.29) is 18.2 Å².